The Morgan fingerprint density at radius 1 is 1.12 bits per heavy atom. The maximum absolute atomic E-state index is 13.2. The lowest BCUT2D eigenvalue weighted by atomic mass is 10.1. The second kappa shape index (κ2) is 12.3. The largest absolute Gasteiger partial charge is 0.391 e. The first-order valence-electron chi connectivity index (χ1n) is 11.5. The third kappa shape index (κ3) is 6.89. The number of benzene rings is 2. The van der Waals surface area contributed by atoms with Gasteiger partial charge in [0.25, 0.3) is 5.91 Å². The number of amides is 2. The van der Waals surface area contributed by atoms with E-state index in [9.17, 15) is 19.9 Å². The van der Waals surface area contributed by atoms with Gasteiger partial charge in [-0.25, -0.2) is 5.48 Å². The molecular weight excluding hydrogens is 432 g/mol. The van der Waals surface area contributed by atoms with E-state index in [1.807, 2.05) is 31.2 Å². The standard InChI is InChI=1S/C26H32N4O4/c1-18-5-7-20(8-6-18)9-10-21-11-13-23(14-12-21)30(25(19(2)31)26(33)29-34)24(32)17-28-22-4-3-15-27-16-22/h5-8,11-14,19,22,25,27-28,31,34H,3-4,15-17H2,1-2H3,(H,29,33)/t19-,22?,25+/m1/s1. The number of rotatable bonds is 7. The summed E-state index contributed by atoms with van der Waals surface area (Å²) >= 11 is 0. The van der Waals surface area contributed by atoms with Crippen molar-refractivity contribution in [3.8, 4) is 11.8 Å². The lowest BCUT2D eigenvalue weighted by molar-refractivity contribution is -0.135. The first-order chi connectivity index (χ1) is 16.4. The zero-order valence-corrected chi connectivity index (χ0v) is 19.5. The zero-order valence-electron chi connectivity index (χ0n) is 19.5. The van der Waals surface area contributed by atoms with E-state index in [4.69, 9.17) is 0 Å². The smallest absolute Gasteiger partial charge is 0.269 e. The van der Waals surface area contributed by atoms with E-state index in [0.717, 1.165) is 42.6 Å². The minimum atomic E-state index is -1.30. The van der Waals surface area contributed by atoms with Crippen LogP contribution in [0.1, 0.15) is 36.5 Å². The third-order valence-electron chi connectivity index (χ3n) is 5.77. The van der Waals surface area contributed by atoms with Crippen molar-refractivity contribution in [1.29, 1.82) is 0 Å². The molecule has 34 heavy (non-hydrogen) atoms. The van der Waals surface area contributed by atoms with Gasteiger partial charge in [-0.3, -0.25) is 19.7 Å². The Morgan fingerprint density at radius 3 is 2.26 bits per heavy atom. The first-order valence-corrected chi connectivity index (χ1v) is 11.5. The molecule has 2 amide bonds. The van der Waals surface area contributed by atoms with Crippen LogP contribution in [-0.4, -0.2) is 60.0 Å². The second-order valence-electron chi connectivity index (χ2n) is 8.51. The summed E-state index contributed by atoms with van der Waals surface area (Å²) in [6, 6.07) is 13.6. The number of carbonyl (C=O) groups excluding carboxylic acids is 2. The predicted molar refractivity (Wildman–Crippen MR) is 130 cm³/mol. The van der Waals surface area contributed by atoms with Crippen LogP contribution in [0.4, 0.5) is 5.69 Å². The zero-order chi connectivity index (χ0) is 24.5. The average Bonchev–Trinajstić information content (AvgIpc) is 2.86. The van der Waals surface area contributed by atoms with Gasteiger partial charge in [-0.05, 0) is 69.6 Å². The number of hydroxylamine groups is 1. The fourth-order valence-corrected chi connectivity index (χ4v) is 3.91. The number of piperidine rings is 1. The van der Waals surface area contributed by atoms with Crippen LogP contribution in [0.3, 0.4) is 0 Å². The van der Waals surface area contributed by atoms with Crippen molar-refractivity contribution in [2.45, 2.75) is 44.9 Å². The van der Waals surface area contributed by atoms with Gasteiger partial charge in [-0.15, -0.1) is 0 Å². The number of aliphatic hydroxyl groups excluding tert-OH is 1. The molecule has 8 nitrogen and oxygen atoms in total. The second-order valence-corrected chi connectivity index (χ2v) is 8.51. The minimum absolute atomic E-state index is 0.0107. The van der Waals surface area contributed by atoms with Gasteiger partial charge in [0.2, 0.25) is 5.91 Å². The van der Waals surface area contributed by atoms with E-state index in [1.165, 1.54) is 11.8 Å². The SMILES string of the molecule is Cc1ccc(C#Cc2ccc(N(C(=O)CNC3CCCNC3)[C@H](C(=O)NO)[C@@H](C)O)cc2)cc1. The van der Waals surface area contributed by atoms with Gasteiger partial charge in [-0.2, -0.15) is 0 Å². The quantitative estimate of drug-likeness (QED) is 0.240. The van der Waals surface area contributed by atoms with E-state index in [1.54, 1.807) is 29.7 Å². The molecule has 1 saturated heterocycles. The summed E-state index contributed by atoms with van der Waals surface area (Å²) in [6.45, 7) is 5.13. The lowest BCUT2D eigenvalue weighted by Crippen LogP contribution is -2.57. The van der Waals surface area contributed by atoms with Gasteiger partial charge in [0.1, 0.15) is 6.04 Å². The highest BCUT2D eigenvalue weighted by molar-refractivity contribution is 6.01. The molecule has 1 heterocycles. The van der Waals surface area contributed by atoms with Gasteiger partial charge in [-0.1, -0.05) is 29.5 Å². The molecule has 1 unspecified atom stereocenters. The summed E-state index contributed by atoms with van der Waals surface area (Å²) in [5.74, 6) is 4.93. The van der Waals surface area contributed by atoms with Crippen LogP contribution < -0.4 is 21.0 Å². The molecule has 0 aromatic heterocycles. The average molecular weight is 465 g/mol. The molecule has 5 N–H and O–H groups in total. The minimum Gasteiger partial charge on any atom is -0.391 e. The van der Waals surface area contributed by atoms with Crippen molar-refractivity contribution >= 4 is 17.5 Å². The number of carbonyl (C=O) groups is 2. The number of hydrogen-bond acceptors (Lipinski definition) is 6. The van der Waals surface area contributed by atoms with Crippen LogP contribution in [0.15, 0.2) is 48.5 Å². The van der Waals surface area contributed by atoms with E-state index >= 15 is 0 Å². The van der Waals surface area contributed by atoms with Gasteiger partial charge in [0.05, 0.1) is 12.6 Å². The van der Waals surface area contributed by atoms with Gasteiger partial charge < -0.3 is 15.7 Å². The topological polar surface area (TPSA) is 114 Å². The van der Waals surface area contributed by atoms with Crippen molar-refractivity contribution in [3.63, 3.8) is 0 Å². The molecule has 0 bridgehead atoms. The molecule has 0 radical (unpaired) electrons. The molecule has 3 rings (SSSR count). The molecule has 0 spiro atoms. The maximum Gasteiger partial charge on any atom is 0.269 e. The summed E-state index contributed by atoms with van der Waals surface area (Å²) in [4.78, 5) is 26.8. The maximum atomic E-state index is 13.2. The molecule has 0 aliphatic carbocycles. The molecule has 8 heteroatoms. The van der Waals surface area contributed by atoms with Crippen LogP contribution in [0, 0.1) is 18.8 Å². The Morgan fingerprint density at radius 2 is 1.74 bits per heavy atom. The summed E-state index contributed by atoms with van der Waals surface area (Å²) < 4.78 is 0. The van der Waals surface area contributed by atoms with Crippen molar-refractivity contribution in [1.82, 2.24) is 16.1 Å². The van der Waals surface area contributed by atoms with E-state index in [-0.39, 0.29) is 12.6 Å². The summed E-state index contributed by atoms with van der Waals surface area (Å²) in [5.41, 5.74) is 4.78. The Kier molecular flexibility index (Phi) is 9.19. The Hall–Kier alpha value is -3.22. The van der Waals surface area contributed by atoms with Crippen LogP contribution in [0.25, 0.3) is 0 Å². The molecule has 1 aliphatic heterocycles. The van der Waals surface area contributed by atoms with E-state index < -0.39 is 24.0 Å². The summed E-state index contributed by atoms with van der Waals surface area (Å²) in [5, 5.41) is 26.0. The summed E-state index contributed by atoms with van der Waals surface area (Å²) in [6.07, 6.45) is 0.753. The number of nitrogens with zero attached hydrogens (tertiary/aromatic N) is 1. The highest BCUT2D eigenvalue weighted by Gasteiger charge is 2.35. The van der Waals surface area contributed by atoms with Gasteiger partial charge in [0.15, 0.2) is 0 Å². The number of anilines is 1. The van der Waals surface area contributed by atoms with Crippen molar-refractivity contribution in [3.05, 3.63) is 65.2 Å². The van der Waals surface area contributed by atoms with Crippen molar-refractivity contribution < 1.29 is 19.9 Å². The highest BCUT2D eigenvalue weighted by Crippen LogP contribution is 2.21. The van der Waals surface area contributed by atoms with Crippen molar-refractivity contribution in [2.24, 2.45) is 0 Å². The number of aliphatic hydroxyl groups is 1. The lowest BCUT2D eigenvalue weighted by Gasteiger charge is -2.33. The van der Waals surface area contributed by atoms with Gasteiger partial charge >= 0.3 is 0 Å². The Labute approximate surface area is 200 Å². The Bertz CT molecular complexity index is 1020. The highest BCUT2D eigenvalue weighted by atomic mass is 16.5. The van der Waals surface area contributed by atoms with E-state index in [0.29, 0.717) is 5.69 Å². The number of nitrogens with one attached hydrogen (secondary N) is 3. The van der Waals surface area contributed by atoms with Crippen molar-refractivity contribution in [2.75, 3.05) is 24.5 Å². The third-order valence-corrected chi connectivity index (χ3v) is 5.77. The Balaban J connectivity index is 1.82. The van der Waals surface area contributed by atoms with Gasteiger partial charge in [0, 0.05) is 29.4 Å². The van der Waals surface area contributed by atoms with Crippen LogP contribution in [-0.2, 0) is 9.59 Å². The number of hydrogen-bond donors (Lipinski definition) is 5. The molecule has 1 fully saturated rings. The molecule has 1 aliphatic rings. The summed E-state index contributed by atoms with van der Waals surface area (Å²) in [7, 11) is 0. The predicted octanol–water partition coefficient (Wildman–Crippen LogP) is 1.32. The van der Waals surface area contributed by atoms with E-state index in [2.05, 4.69) is 22.5 Å². The molecule has 180 valence electrons. The molecule has 3 atom stereocenters. The monoisotopic (exact) mass is 464 g/mol. The molecule has 2 aromatic rings. The molecular formula is C26H32N4O4. The normalized spacial score (nSPS) is 17.1. The number of aryl methyl sites for hydroxylation is 1. The molecule has 0 saturated carbocycles. The van der Waals surface area contributed by atoms with Crippen LogP contribution in [0.2, 0.25) is 0 Å². The van der Waals surface area contributed by atoms with Crippen LogP contribution in [0.5, 0.6) is 0 Å². The van der Waals surface area contributed by atoms with Crippen LogP contribution >= 0.6 is 0 Å². The first kappa shape index (κ1) is 25.4. The fraction of sp³-hybridized carbons (Fsp3) is 0.385. The molecule has 2 aromatic carbocycles. The fourth-order valence-electron chi connectivity index (χ4n) is 3.91.